The Balaban J connectivity index is 2.26. The molecule has 132 valence electrons. The van der Waals surface area contributed by atoms with E-state index in [1.807, 2.05) is 18.2 Å². The Morgan fingerprint density at radius 2 is 1.42 bits per heavy atom. The summed E-state index contributed by atoms with van der Waals surface area (Å²) in [6, 6.07) is 10.1. The Labute approximate surface area is 160 Å². The number of hydrogen-bond acceptors (Lipinski definition) is 3. The van der Waals surface area contributed by atoms with Gasteiger partial charge in [-0.3, -0.25) is 0 Å². The van der Waals surface area contributed by atoms with Crippen LogP contribution in [0.3, 0.4) is 0 Å². The van der Waals surface area contributed by atoms with Crippen molar-refractivity contribution in [2.75, 3.05) is 31.0 Å². The molecule has 0 fully saturated rings. The number of ether oxygens (including phenoxy) is 3. The third-order valence-electron chi connectivity index (χ3n) is 3.70. The van der Waals surface area contributed by atoms with E-state index in [0.717, 1.165) is 64.4 Å². The maximum Gasteiger partial charge on any atom is 0.169 e. The van der Waals surface area contributed by atoms with Crippen LogP contribution in [0.15, 0.2) is 30.3 Å². The first-order chi connectivity index (χ1) is 11.8. The minimum Gasteiger partial charge on any atom is -0.493 e. The predicted octanol–water partition coefficient (Wildman–Crippen LogP) is 5.96. The van der Waals surface area contributed by atoms with E-state index in [1.54, 1.807) is 7.11 Å². The summed E-state index contributed by atoms with van der Waals surface area (Å²) in [7, 11) is 1.67. The first kappa shape index (κ1) is 19.4. The topological polar surface area (TPSA) is 27.7 Å². The monoisotopic (exact) mass is 458 g/mol. The van der Waals surface area contributed by atoms with E-state index in [1.165, 1.54) is 0 Å². The van der Waals surface area contributed by atoms with Crippen LogP contribution in [0.4, 0.5) is 0 Å². The minimum atomic E-state index is 0.678. The van der Waals surface area contributed by atoms with Crippen molar-refractivity contribution in [3.8, 4) is 17.2 Å². The summed E-state index contributed by atoms with van der Waals surface area (Å²) >= 11 is 6.90. The van der Waals surface area contributed by atoms with Gasteiger partial charge in [0.1, 0.15) is 5.75 Å². The van der Waals surface area contributed by atoms with Crippen molar-refractivity contribution < 1.29 is 14.2 Å². The Kier molecular flexibility index (Phi) is 8.75. The van der Waals surface area contributed by atoms with Crippen molar-refractivity contribution in [1.29, 1.82) is 0 Å². The lowest BCUT2D eigenvalue weighted by Crippen LogP contribution is -2.03. The molecule has 0 aliphatic rings. The molecule has 3 nitrogen and oxygen atoms in total. The second kappa shape index (κ2) is 10.8. The lowest BCUT2D eigenvalue weighted by Gasteiger charge is -2.17. The van der Waals surface area contributed by atoms with Crippen LogP contribution in [-0.4, -0.2) is 31.0 Å². The standard InChI is InChI=1S/C19H24Br2O3/c1-22-18-14-17(23-12-6-4-10-20)15-8-2-3-9-16(15)19(18)24-13-7-5-11-21/h2-3,8-9,14H,4-7,10-13H2,1H3. The van der Waals surface area contributed by atoms with Crippen molar-refractivity contribution in [1.82, 2.24) is 0 Å². The fraction of sp³-hybridized carbons (Fsp3) is 0.474. The van der Waals surface area contributed by atoms with Crippen molar-refractivity contribution in [2.45, 2.75) is 25.7 Å². The van der Waals surface area contributed by atoms with Gasteiger partial charge < -0.3 is 14.2 Å². The molecule has 2 rings (SSSR count). The molecule has 5 heteroatoms. The van der Waals surface area contributed by atoms with Gasteiger partial charge in [-0.05, 0) is 25.7 Å². The van der Waals surface area contributed by atoms with Crippen molar-refractivity contribution in [2.24, 2.45) is 0 Å². The Morgan fingerprint density at radius 1 is 0.792 bits per heavy atom. The van der Waals surface area contributed by atoms with Crippen LogP contribution in [-0.2, 0) is 0 Å². The maximum absolute atomic E-state index is 6.03. The highest BCUT2D eigenvalue weighted by Crippen LogP contribution is 2.41. The minimum absolute atomic E-state index is 0.678. The lowest BCUT2D eigenvalue weighted by atomic mass is 10.1. The summed E-state index contributed by atoms with van der Waals surface area (Å²) in [5.41, 5.74) is 0. The molecule has 0 aliphatic carbocycles. The van der Waals surface area contributed by atoms with Gasteiger partial charge in [0, 0.05) is 27.5 Å². The van der Waals surface area contributed by atoms with Crippen LogP contribution in [0.2, 0.25) is 0 Å². The fourth-order valence-corrected chi connectivity index (χ4v) is 3.25. The molecule has 0 N–H and O–H groups in total. The van der Waals surface area contributed by atoms with Crippen LogP contribution < -0.4 is 14.2 Å². The van der Waals surface area contributed by atoms with Gasteiger partial charge in [-0.2, -0.15) is 0 Å². The van der Waals surface area contributed by atoms with E-state index >= 15 is 0 Å². The number of fused-ring (bicyclic) bond motifs is 1. The molecule has 0 atom stereocenters. The fourth-order valence-electron chi connectivity index (χ4n) is 2.46. The normalized spacial score (nSPS) is 10.8. The number of benzene rings is 2. The quantitative estimate of drug-likeness (QED) is 0.306. The first-order valence-corrected chi connectivity index (χ1v) is 10.5. The summed E-state index contributed by atoms with van der Waals surface area (Å²) in [4.78, 5) is 0. The maximum atomic E-state index is 6.03. The molecular weight excluding hydrogens is 436 g/mol. The number of alkyl halides is 2. The van der Waals surface area contributed by atoms with Crippen LogP contribution in [0.25, 0.3) is 10.8 Å². The van der Waals surface area contributed by atoms with E-state index in [9.17, 15) is 0 Å². The Morgan fingerprint density at radius 3 is 2.04 bits per heavy atom. The van der Waals surface area contributed by atoms with Crippen LogP contribution in [0, 0.1) is 0 Å². The second-order valence-corrected chi connectivity index (χ2v) is 7.03. The van der Waals surface area contributed by atoms with Gasteiger partial charge >= 0.3 is 0 Å². The van der Waals surface area contributed by atoms with Crippen LogP contribution >= 0.6 is 31.9 Å². The predicted molar refractivity (Wildman–Crippen MR) is 108 cm³/mol. The van der Waals surface area contributed by atoms with E-state index in [2.05, 4.69) is 44.0 Å². The van der Waals surface area contributed by atoms with E-state index in [4.69, 9.17) is 14.2 Å². The molecule has 0 unspecified atom stereocenters. The molecule has 24 heavy (non-hydrogen) atoms. The van der Waals surface area contributed by atoms with E-state index < -0.39 is 0 Å². The average Bonchev–Trinajstić information content (AvgIpc) is 2.63. The second-order valence-electron chi connectivity index (χ2n) is 5.44. The number of unbranched alkanes of at least 4 members (excludes halogenated alkanes) is 2. The van der Waals surface area contributed by atoms with Crippen LogP contribution in [0.1, 0.15) is 25.7 Å². The summed E-state index contributed by atoms with van der Waals surface area (Å²) in [6.07, 6.45) is 4.22. The zero-order valence-corrected chi connectivity index (χ0v) is 17.2. The number of rotatable bonds is 11. The van der Waals surface area contributed by atoms with E-state index in [-0.39, 0.29) is 0 Å². The molecule has 0 aliphatic heterocycles. The molecular formula is C19H24Br2O3. The molecule has 2 aromatic rings. The van der Waals surface area contributed by atoms with Crippen LogP contribution in [0.5, 0.6) is 17.2 Å². The van der Waals surface area contributed by atoms with Gasteiger partial charge in [0.25, 0.3) is 0 Å². The van der Waals surface area contributed by atoms with Gasteiger partial charge in [0.15, 0.2) is 11.5 Å². The molecule has 0 saturated carbocycles. The zero-order valence-electron chi connectivity index (χ0n) is 14.0. The SMILES string of the molecule is COc1cc(OCCCCBr)c2ccccc2c1OCCCCBr. The number of methoxy groups -OCH3 is 1. The first-order valence-electron chi connectivity index (χ1n) is 8.29. The summed E-state index contributed by atoms with van der Waals surface area (Å²) in [6.45, 7) is 1.38. The average molecular weight is 460 g/mol. The molecule has 0 amide bonds. The highest BCUT2D eigenvalue weighted by atomic mass is 79.9. The number of halogens is 2. The third kappa shape index (κ3) is 5.28. The summed E-state index contributed by atoms with van der Waals surface area (Å²) < 4.78 is 17.6. The van der Waals surface area contributed by atoms with Gasteiger partial charge in [0.2, 0.25) is 0 Å². The van der Waals surface area contributed by atoms with Gasteiger partial charge in [-0.25, -0.2) is 0 Å². The molecule has 0 heterocycles. The lowest BCUT2D eigenvalue weighted by molar-refractivity contribution is 0.287. The Bertz CT molecular complexity index is 631. The number of hydrogen-bond donors (Lipinski definition) is 0. The molecule has 0 spiro atoms. The molecule has 0 radical (unpaired) electrons. The zero-order chi connectivity index (χ0) is 17.2. The van der Waals surface area contributed by atoms with Crippen molar-refractivity contribution >= 4 is 42.6 Å². The highest BCUT2D eigenvalue weighted by Gasteiger charge is 2.15. The third-order valence-corrected chi connectivity index (χ3v) is 4.82. The highest BCUT2D eigenvalue weighted by molar-refractivity contribution is 9.09. The van der Waals surface area contributed by atoms with Gasteiger partial charge in [-0.15, -0.1) is 0 Å². The molecule has 0 aromatic heterocycles. The summed E-state index contributed by atoms with van der Waals surface area (Å²) in [5.74, 6) is 2.38. The van der Waals surface area contributed by atoms with E-state index in [0.29, 0.717) is 13.2 Å². The smallest absolute Gasteiger partial charge is 0.169 e. The largest absolute Gasteiger partial charge is 0.493 e. The van der Waals surface area contributed by atoms with Gasteiger partial charge in [0.05, 0.1) is 20.3 Å². The molecule has 0 bridgehead atoms. The summed E-state index contributed by atoms with van der Waals surface area (Å²) in [5, 5.41) is 4.09. The van der Waals surface area contributed by atoms with Crippen molar-refractivity contribution in [3.05, 3.63) is 30.3 Å². The van der Waals surface area contributed by atoms with Crippen molar-refractivity contribution in [3.63, 3.8) is 0 Å². The van der Waals surface area contributed by atoms with Gasteiger partial charge in [-0.1, -0.05) is 56.1 Å². The molecule has 0 saturated heterocycles. The Hall–Kier alpha value is -0.940. The molecule has 2 aromatic carbocycles.